The molecule has 132 valence electrons. The Morgan fingerprint density at radius 1 is 1.35 bits per heavy atom. The summed E-state index contributed by atoms with van der Waals surface area (Å²) >= 11 is 0. The standard InChI is InChI=1S/C16H13F2N7O/c17-16(18)14-15(25-13(24-14)2-1-3-23-25)11-4-10(21-8-22-11)12-7-20-6-9(5-19)26-12/h1-4,8-9,12,16,20H,6-7H2. The summed E-state index contributed by atoms with van der Waals surface area (Å²) in [5.41, 5.74) is 0.775. The van der Waals surface area contributed by atoms with Crippen molar-refractivity contribution in [2.75, 3.05) is 13.1 Å². The van der Waals surface area contributed by atoms with Crippen molar-refractivity contribution in [1.82, 2.24) is 29.9 Å². The van der Waals surface area contributed by atoms with Crippen molar-refractivity contribution in [3.05, 3.63) is 42.1 Å². The van der Waals surface area contributed by atoms with E-state index in [0.717, 1.165) is 0 Å². The fourth-order valence-corrected chi connectivity index (χ4v) is 2.87. The van der Waals surface area contributed by atoms with Crippen molar-refractivity contribution in [2.24, 2.45) is 0 Å². The van der Waals surface area contributed by atoms with Gasteiger partial charge in [-0.1, -0.05) is 0 Å². The van der Waals surface area contributed by atoms with Gasteiger partial charge in [0.15, 0.2) is 11.8 Å². The Kier molecular flexibility index (Phi) is 4.24. The van der Waals surface area contributed by atoms with Crippen LogP contribution in [0, 0.1) is 11.3 Å². The summed E-state index contributed by atoms with van der Waals surface area (Å²) in [5.74, 6) is 0. The van der Waals surface area contributed by atoms with Crippen molar-refractivity contribution < 1.29 is 13.5 Å². The van der Waals surface area contributed by atoms with E-state index in [1.165, 1.54) is 17.0 Å². The van der Waals surface area contributed by atoms with E-state index in [1.807, 2.05) is 6.07 Å². The number of alkyl halides is 2. The van der Waals surface area contributed by atoms with Gasteiger partial charge < -0.3 is 10.1 Å². The Morgan fingerprint density at radius 2 is 2.23 bits per heavy atom. The highest BCUT2D eigenvalue weighted by molar-refractivity contribution is 5.63. The number of nitrogens with zero attached hydrogens (tertiary/aromatic N) is 6. The van der Waals surface area contributed by atoms with Crippen LogP contribution in [0.4, 0.5) is 8.78 Å². The Bertz CT molecular complexity index is 984. The highest BCUT2D eigenvalue weighted by Crippen LogP contribution is 2.31. The Labute approximate surface area is 146 Å². The molecule has 0 spiro atoms. The maximum atomic E-state index is 13.5. The number of morpholine rings is 1. The molecule has 0 bridgehead atoms. The highest BCUT2D eigenvalue weighted by atomic mass is 19.3. The maximum Gasteiger partial charge on any atom is 0.282 e. The number of rotatable bonds is 3. The van der Waals surface area contributed by atoms with Gasteiger partial charge in [-0.2, -0.15) is 10.4 Å². The quantitative estimate of drug-likeness (QED) is 0.761. The second-order valence-electron chi connectivity index (χ2n) is 5.67. The molecule has 0 aromatic carbocycles. The van der Waals surface area contributed by atoms with Crippen LogP contribution >= 0.6 is 0 Å². The SMILES string of the molecule is N#CC1CNCC(c2cc(-c3c(C(F)F)nc4cccnn34)ncn2)O1. The van der Waals surface area contributed by atoms with Gasteiger partial charge in [0, 0.05) is 19.3 Å². The van der Waals surface area contributed by atoms with Gasteiger partial charge in [-0.05, 0) is 18.2 Å². The molecule has 0 amide bonds. The Balaban J connectivity index is 1.79. The lowest BCUT2D eigenvalue weighted by Crippen LogP contribution is -2.40. The van der Waals surface area contributed by atoms with E-state index in [2.05, 4.69) is 25.4 Å². The third-order valence-corrected chi connectivity index (χ3v) is 4.02. The predicted octanol–water partition coefficient (Wildman–Crippen LogP) is 1.68. The van der Waals surface area contributed by atoms with Crippen LogP contribution in [-0.2, 0) is 4.74 Å². The van der Waals surface area contributed by atoms with Crippen LogP contribution in [0.1, 0.15) is 23.9 Å². The topological polar surface area (TPSA) is 101 Å². The fourth-order valence-electron chi connectivity index (χ4n) is 2.87. The van der Waals surface area contributed by atoms with E-state index in [9.17, 15) is 8.78 Å². The summed E-state index contributed by atoms with van der Waals surface area (Å²) in [6, 6.07) is 6.82. The molecule has 10 heteroatoms. The minimum absolute atomic E-state index is 0.111. The molecule has 2 atom stereocenters. The molecular weight excluding hydrogens is 344 g/mol. The van der Waals surface area contributed by atoms with Crippen molar-refractivity contribution in [2.45, 2.75) is 18.6 Å². The molecule has 0 aliphatic carbocycles. The van der Waals surface area contributed by atoms with Gasteiger partial charge in [0.2, 0.25) is 0 Å². The molecule has 1 saturated heterocycles. The average molecular weight is 357 g/mol. The molecule has 26 heavy (non-hydrogen) atoms. The number of aromatic nitrogens is 5. The Hall–Kier alpha value is -3.03. The van der Waals surface area contributed by atoms with Crippen LogP contribution in [-0.4, -0.2) is 43.8 Å². The Morgan fingerprint density at radius 3 is 3.04 bits per heavy atom. The van der Waals surface area contributed by atoms with Crippen LogP contribution in [0.3, 0.4) is 0 Å². The van der Waals surface area contributed by atoms with Gasteiger partial charge in [0.05, 0.1) is 17.5 Å². The van der Waals surface area contributed by atoms with Gasteiger partial charge in [0.25, 0.3) is 6.43 Å². The van der Waals surface area contributed by atoms with Gasteiger partial charge in [0.1, 0.15) is 23.8 Å². The van der Waals surface area contributed by atoms with Crippen molar-refractivity contribution in [3.63, 3.8) is 0 Å². The van der Waals surface area contributed by atoms with Crippen LogP contribution in [0.5, 0.6) is 0 Å². The molecule has 1 aliphatic rings. The first kappa shape index (κ1) is 16.4. The molecule has 1 fully saturated rings. The second-order valence-corrected chi connectivity index (χ2v) is 5.67. The average Bonchev–Trinajstić information content (AvgIpc) is 3.08. The summed E-state index contributed by atoms with van der Waals surface area (Å²) in [6.07, 6.45) is -1.08. The summed E-state index contributed by atoms with van der Waals surface area (Å²) in [6.45, 7) is 0.888. The molecule has 2 unspecified atom stereocenters. The molecule has 0 radical (unpaired) electrons. The van der Waals surface area contributed by atoms with E-state index in [1.54, 1.807) is 18.2 Å². The zero-order valence-corrected chi connectivity index (χ0v) is 13.4. The molecular formula is C16H13F2N7O. The zero-order valence-electron chi connectivity index (χ0n) is 13.4. The number of ether oxygens (including phenoxy) is 1. The first-order valence-corrected chi connectivity index (χ1v) is 7.87. The van der Waals surface area contributed by atoms with Gasteiger partial charge in [-0.15, -0.1) is 0 Å². The third kappa shape index (κ3) is 2.87. The molecule has 1 N–H and O–H groups in total. The maximum absolute atomic E-state index is 13.5. The fraction of sp³-hybridized carbons (Fsp3) is 0.312. The van der Waals surface area contributed by atoms with Crippen LogP contribution in [0.2, 0.25) is 0 Å². The van der Waals surface area contributed by atoms with E-state index in [0.29, 0.717) is 24.4 Å². The molecule has 4 heterocycles. The summed E-state index contributed by atoms with van der Waals surface area (Å²) < 4.78 is 34.0. The van der Waals surface area contributed by atoms with Crippen molar-refractivity contribution in [3.8, 4) is 17.5 Å². The monoisotopic (exact) mass is 357 g/mol. The van der Waals surface area contributed by atoms with Crippen LogP contribution in [0.15, 0.2) is 30.7 Å². The van der Waals surface area contributed by atoms with Gasteiger partial charge >= 0.3 is 0 Å². The van der Waals surface area contributed by atoms with Gasteiger partial charge in [-0.25, -0.2) is 28.2 Å². The third-order valence-electron chi connectivity index (χ3n) is 4.02. The van der Waals surface area contributed by atoms with Crippen LogP contribution in [0.25, 0.3) is 17.0 Å². The van der Waals surface area contributed by atoms with E-state index in [4.69, 9.17) is 10.00 Å². The molecule has 1 aliphatic heterocycles. The van der Waals surface area contributed by atoms with E-state index in [-0.39, 0.29) is 11.4 Å². The summed E-state index contributed by atoms with van der Waals surface area (Å²) in [4.78, 5) is 12.3. The van der Waals surface area contributed by atoms with Crippen molar-refractivity contribution in [1.29, 1.82) is 5.26 Å². The minimum Gasteiger partial charge on any atom is -0.351 e. The molecule has 3 aromatic rings. The lowest BCUT2D eigenvalue weighted by atomic mass is 10.1. The number of hydrogen-bond donors (Lipinski definition) is 1. The number of imidazole rings is 1. The first-order valence-electron chi connectivity index (χ1n) is 7.87. The molecule has 4 rings (SSSR count). The number of halogens is 2. The summed E-state index contributed by atoms with van der Waals surface area (Å²) in [7, 11) is 0. The van der Waals surface area contributed by atoms with Gasteiger partial charge in [-0.3, -0.25) is 0 Å². The normalized spacial score (nSPS) is 20.4. The largest absolute Gasteiger partial charge is 0.351 e. The lowest BCUT2D eigenvalue weighted by molar-refractivity contribution is -0.0124. The van der Waals surface area contributed by atoms with Crippen molar-refractivity contribution >= 4 is 5.65 Å². The van der Waals surface area contributed by atoms with E-state index < -0.39 is 24.3 Å². The molecule has 8 nitrogen and oxygen atoms in total. The number of fused-ring (bicyclic) bond motifs is 1. The minimum atomic E-state index is -2.78. The van der Waals surface area contributed by atoms with E-state index >= 15 is 0 Å². The second kappa shape index (κ2) is 6.70. The predicted molar refractivity (Wildman–Crippen MR) is 85.1 cm³/mol. The summed E-state index contributed by atoms with van der Waals surface area (Å²) in [5, 5.41) is 16.2. The van der Waals surface area contributed by atoms with Crippen LogP contribution < -0.4 is 5.32 Å². The first-order chi connectivity index (χ1) is 12.7. The lowest BCUT2D eigenvalue weighted by Gasteiger charge is -2.26. The smallest absolute Gasteiger partial charge is 0.282 e. The number of nitriles is 1. The number of nitrogens with one attached hydrogen (secondary N) is 1. The highest BCUT2D eigenvalue weighted by Gasteiger charge is 2.27. The zero-order chi connectivity index (χ0) is 18.1. The molecule has 0 saturated carbocycles. The number of hydrogen-bond acceptors (Lipinski definition) is 7. The molecule has 3 aromatic heterocycles.